The minimum atomic E-state index is 0.798. The fourth-order valence-corrected chi connectivity index (χ4v) is 8.47. The Kier molecular flexibility index (Phi) is 10.0. The van der Waals surface area contributed by atoms with E-state index in [4.69, 9.17) is 4.74 Å². The second-order valence-electron chi connectivity index (χ2n) is 15.9. The lowest BCUT2D eigenvalue weighted by atomic mass is 9.99. The molecule has 4 heterocycles. The Bertz CT molecular complexity index is 3530. The molecule has 8 aromatic carbocycles. The molecule has 9 heteroatoms. The number of hydrogen-bond donors (Lipinski definition) is 0. The van der Waals surface area contributed by atoms with Gasteiger partial charge >= 0.3 is 0 Å². The largest absolute Gasteiger partial charge is 0.495 e. The third-order valence-corrected chi connectivity index (χ3v) is 11.9. The van der Waals surface area contributed by atoms with Gasteiger partial charge in [0.1, 0.15) is 5.75 Å². The zero-order valence-electron chi connectivity index (χ0n) is 35.1. The van der Waals surface area contributed by atoms with Crippen molar-refractivity contribution >= 4 is 43.6 Å². The average Bonchev–Trinajstić information content (AvgIpc) is 4.21. The smallest absolute Gasteiger partial charge is 0.143 e. The van der Waals surface area contributed by atoms with Gasteiger partial charge in [0.25, 0.3) is 0 Å². The van der Waals surface area contributed by atoms with Crippen molar-refractivity contribution in [3.8, 4) is 39.4 Å². The molecule has 64 heavy (non-hydrogen) atoms. The molecule has 308 valence electrons. The van der Waals surface area contributed by atoms with Crippen LogP contribution in [0.25, 0.3) is 77.2 Å². The Morgan fingerprint density at radius 1 is 0.438 bits per heavy atom. The van der Waals surface area contributed by atoms with E-state index in [1.165, 1.54) is 44.2 Å². The number of hydrogen-bond acceptors (Lipinski definition) is 5. The summed E-state index contributed by atoms with van der Waals surface area (Å²) in [6, 6.07) is 58.0. The van der Waals surface area contributed by atoms with E-state index in [2.05, 4.69) is 169 Å². The van der Waals surface area contributed by atoms with Crippen LogP contribution in [0.4, 0.5) is 0 Å². The highest BCUT2D eigenvalue weighted by molar-refractivity contribution is 5.91. The fourth-order valence-electron chi connectivity index (χ4n) is 8.47. The summed E-state index contributed by atoms with van der Waals surface area (Å²) in [4.78, 5) is 17.3. The van der Waals surface area contributed by atoms with Crippen molar-refractivity contribution in [3.05, 3.63) is 225 Å². The van der Waals surface area contributed by atoms with E-state index in [9.17, 15) is 0 Å². The van der Waals surface area contributed by atoms with E-state index >= 15 is 0 Å². The molecule has 9 nitrogen and oxygen atoms in total. The van der Waals surface area contributed by atoms with Crippen LogP contribution in [0.5, 0.6) is 5.75 Å². The summed E-state index contributed by atoms with van der Waals surface area (Å²) < 4.78 is 14.0. The molecule has 0 atom stereocenters. The second-order valence-corrected chi connectivity index (χ2v) is 15.9. The van der Waals surface area contributed by atoms with Crippen LogP contribution in [0.15, 0.2) is 214 Å². The van der Waals surface area contributed by atoms with Gasteiger partial charge < -0.3 is 23.0 Å². The van der Waals surface area contributed by atoms with Gasteiger partial charge in [0.05, 0.1) is 60.2 Å². The normalized spacial score (nSPS) is 11.3. The first-order chi connectivity index (χ1) is 31.6. The first-order valence-corrected chi connectivity index (χ1v) is 21.2. The molecule has 0 saturated carbocycles. The highest BCUT2D eigenvalue weighted by Gasteiger charge is 2.10. The molecule has 0 aliphatic heterocycles. The number of benzene rings is 8. The van der Waals surface area contributed by atoms with Gasteiger partial charge in [-0.25, -0.2) is 19.9 Å². The van der Waals surface area contributed by atoms with E-state index in [0.29, 0.717) is 0 Å². The Balaban J connectivity index is 0.000000143. The molecule has 0 saturated heterocycles. The maximum atomic E-state index is 5.66. The van der Waals surface area contributed by atoms with Crippen molar-refractivity contribution in [2.45, 2.75) is 13.1 Å². The Labute approximate surface area is 369 Å². The number of para-hydroxylation sites is 4. The van der Waals surface area contributed by atoms with Crippen LogP contribution in [0.2, 0.25) is 0 Å². The number of rotatable bonds is 9. The number of methoxy groups -OCH3 is 1. The summed E-state index contributed by atoms with van der Waals surface area (Å²) in [5, 5.41) is 4.75. The van der Waals surface area contributed by atoms with Crippen LogP contribution in [-0.2, 0) is 13.1 Å². The predicted molar refractivity (Wildman–Crippen MR) is 257 cm³/mol. The van der Waals surface area contributed by atoms with Gasteiger partial charge in [-0.2, -0.15) is 0 Å². The highest BCUT2D eigenvalue weighted by Crippen LogP contribution is 2.33. The van der Waals surface area contributed by atoms with Crippen LogP contribution >= 0.6 is 0 Å². The van der Waals surface area contributed by atoms with Gasteiger partial charge in [-0.3, -0.25) is 0 Å². The summed E-state index contributed by atoms with van der Waals surface area (Å²) in [5.41, 5.74) is 13.8. The van der Waals surface area contributed by atoms with Gasteiger partial charge in [0.15, 0.2) is 0 Å². The lowest BCUT2D eigenvalue weighted by Crippen LogP contribution is -1.97. The van der Waals surface area contributed by atoms with Crippen LogP contribution in [0, 0.1) is 0 Å². The standard InChI is InChI=1S/C28H22N4O.C27H20N4/c1-33-28-16-24-14-22(10-11-23(24)15-27(28)31-13-12-29-18-31)21-8-6-20(7-9-21)17-32-19-30-25-4-2-3-5-26(25)32;1-2-4-27-26(3-1)29-19-31(27)17-20-5-7-21(8-6-20)22-9-10-24-16-25(12-11-23(24)15-22)30-14-13-28-18-30/h2-16,18-19H,17H2,1H3;1-16,18-19H,17H2. The fraction of sp³-hybridized carbons (Fsp3) is 0.0545. The van der Waals surface area contributed by atoms with Crippen molar-refractivity contribution < 1.29 is 4.74 Å². The van der Waals surface area contributed by atoms with Crippen LogP contribution in [0.1, 0.15) is 11.1 Å². The van der Waals surface area contributed by atoms with Crippen molar-refractivity contribution in [3.63, 3.8) is 0 Å². The first kappa shape index (κ1) is 38.4. The van der Waals surface area contributed by atoms with E-state index in [1.54, 1.807) is 25.8 Å². The molecule has 0 spiro atoms. The number of imidazole rings is 4. The maximum Gasteiger partial charge on any atom is 0.143 e. The molecule has 0 unspecified atom stereocenters. The summed E-state index contributed by atoms with van der Waals surface area (Å²) in [7, 11) is 1.70. The summed E-state index contributed by atoms with van der Waals surface area (Å²) >= 11 is 0. The molecule has 0 aliphatic rings. The third kappa shape index (κ3) is 7.67. The molecule has 0 fully saturated rings. The Morgan fingerprint density at radius 3 is 1.50 bits per heavy atom. The van der Waals surface area contributed by atoms with Crippen LogP contribution < -0.4 is 4.74 Å². The lowest BCUT2D eigenvalue weighted by Gasteiger charge is -2.12. The van der Waals surface area contributed by atoms with Crippen LogP contribution in [-0.4, -0.2) is 45.3 Å². The van der Waals surface area contributed by atoms with Crippen molar-refractivity contribution in [1.29, 1.82) is 0 Å². The molecular formula is C55H42N8O. The topological polar surface area (TPSA) is 80.5 Å². The van der Waals surface area contributed by atoms with Gasteiger partial charge in [-0.05, 0) is 116 Å². The molecule has 0 bridgehead atoms. The zero-order valence-corrected chi connectivity index (χ0v) is 35.1. The first-order valence-electron chi connectivity index (χ1n) is 21.2. The summed E-state index contributed by atoms with van der Waals surface area (Å²) in [6.07, 6.45) is 14.9. The van der Waals surface area contributed by atoms with E-state index in [-0.39, 0.29) is 0 Å². The molecule has 0 radical (unpaired) electrons. The maximum absolute atomic E-state index is 5.66. The van der Waals surface area contributed by atoms with Gasteiger partial charge in [-0.15, -0.1) is 0 Å². The molecule has 0 amide bonds. The molecule has 0 aliphatic carbocycles. The Hall–Kier alpha value is -8.56. The molecule has 12 rings (SSSR count). The lowest BCUT2D eigenvalue weighted by molar-refractivity contribution is 0.413. The van der Waals surface area contributed by atoms with Gasteiger partial charge in [0, 0.05) is 43.6 Å². The zero-order chi connectivity index (χ0) is 42.8. The van der Waals surface area contributed by atoms with Crippen molar-refractivity contribution in [1.82, 2.24) is 38.2 Å². The number of ether oxygens (including phenoxy) is 1. The van der Waals surface area contributed by atoms with Crippen LogP contribution in [0.3, 0.4) is 0 Å². The van der Waals surface area contributed by atoms with E-state index < -0.39 is 0 Å². The summed E-state index contributed by atoms with van der Waals surface area (Å²) in [6.45, 7) is 1.61. The molecule has 12 aromatic rings. The SMILES string of the molecule is COc1cc2cc(-c3ccc(Cn4cnc5ccccc54)cc3)ccc2cc1-n1ccnc1.c1ccc2c(c1)ncn2Cc1ccc(-c2ccc3cc(-n4ccnc4)ccc3c2)cc1. The monoisotopic (exact) mass is 830 g/mol. The third-order valence-electron chi connectivity index (χ3n) is 11.9. The number of fused-ring (bicyclic) bond motifs is 4. The number of aromatic nitrogens is 8. The molecule has 4 aromatic heterocycles. The predicted octanol–water partition coefficient (Wildman–Crippen LogP) is 12.2. The second kappa shape index (κ2) is 16.7. The highest BCUT2D eigenvalue weighted by atomic mass is 16.5. The van der Waals surface area contributed by atoms with E-state index in [1.807, 2.05) is 64.8 Å². The van der Waals surface area contributed by atoms with Crippen molar-refractivity contribution in [2.75, 3.05) is 7.11 Å². The van der Waals surface area contributed by atoms with E-state index in [0.717, 1.165) is 63.1 Å². The minimum absolute atomic E-state index is 0.798. The average molecular weight is 831 g/mol. The Morgan fingerprint density at radius 2 is 0.938 bits per heavy atom. The van der Waals surface area contributed by atoms with Gasteiger partial charge in [-0.1, -0.05) is 103 Å². The number of nitrogens with zero attached hydrogens (tertiary/aromatic N) is 8. The summed E-state index contributed by atoms with van der Waals surface area (Å²) in [5.74, 6) is 0.820. The van der Waals surface area contributed by atoms with Gasteiger partial charge in [0.2, 0.25) is 0 Å². The molecule has 0 N–H and O–H groups in total. The van der Waals surface area contributed by atoms with Crippen molar-refractivity contribution in [2.24, 2.45) is 0 Å². The quantitative estimate of drug-likeness (QED) is 0.145. The molecular weight excluding hydrogens is 789 g/mol. The minimum Gasteiger partial charge on any atom is -0.495 e.